The van der Waals surface area contributed by atoms with Crippen LogP contribution in [0.1, 0.15) is 11.3 Å². The Kier molecular flexibility index (Phi) is 2.03. The van der Waals surface area contributed by atoms with Gasteiger partial charge >= 0.3 is 0 Å². The minimum atomic E-state index is 0.461. The SMILES string of the molecule is Nc1nc(-c2cn[nH]n2)nc2c1COCC2. The summed E-state index contributed by atoms with van der Waals surface area (Å²) in [5.74, 6) is 0.967. The number of fused-ring (bicyclic) bond motifs is 1. The van der Waals surface area contributed by atoms with Crippen molar-refractivity contribution in [2.75, 3.05) is 12.3 Å². The van der Waals surface area contributed by atoms with Gasteiger partial charge in [-0.15, -0.1) is 0 Å². The lowest BCUT2D eigenvalue weighted by Gasteiger charge is -2.17. The van der Waals surface area contributed by atoms with Crippen LogP contribution in [-0.2, 0) is 17.8 Å². The monoisotopic (exact) mass is 218 g/mol. The molecule has 16 heavy (non-hydrogen) atoms. The number of anilines is 1. The van der Waals surface area contributed by atoms with Gasteiger partial charge in [0.2, 0.25) is 0 Å². The molecule has 0 aliphatic carbocycles. The van der Waals surface area contributed by atoms with Crippen molar-refractivity contribution in [2.24, 2.45) is 0 Å². The van der Waals surface area contributed by atoms with E-state index in [-0.39, 0.29) is 0 Å². The molecule has 3 rings (SSSR count). The fourth-order valence-corrected chi connectivity index (χ4v) is 1.68. The zero-order valence-corrected chi connectivity index (χ0v) is 8.47. The van der Waals surface area contributed by atoms with Crippen LogP contribution in [0.2, 0.25) is 0 Å². The maximum absolute atomic E-state index is 5.86. The highest BCUT2D eigenvalue weighted by Crippen LogP contribution is 2.22. The Morgan fingerprint density at radius 1 is 1.38 bits per heavy atom. The summed E-state index contributed by atoms with van der Waals surface area (Å²) in [5, 5.41) is 10.2. The smallest absolute Gasteiger partial charge is 0.184 e. The van der Waals surface area contributed by atoms with Gasteiger partial charge in [0.05, 0.1) is 25.1 Å². The van der Waals surface area contributed by atoms with E-state index in [1.807, 2.05) is 0 Å². The average Bonchev–Trinajstić information content (AvgIpc) is 2.82. The number of nitrogens with zero attached hydrogens (tertiary/aromatic N) is 4. The van der Waals surface area contributed by atoms with E-state index in [4.69, 9.17) is 10.5 Å². The van der Waals surface area contributed by atoms with Crippen molar-refractivity contribution in [2.45, 2.75) is 13.0 Å². The van der Waals surface area contributed by atoms with E-state index in [1.54, 1.807) is 6.20 Å². The molecule has 1 aliphatic heterocycles. The second kappa shape index (κ2) is 3.53. The lowest BCUT2D eigenvalue weighted by atomic mass is 10.1. The number of hydrogen-bond acceptors (Lipinski definition) is 6. The van der Waals surface area contributed by atoms with Crippen molar-refractivity contribution < 1.29 is 4.74 Å². The first-order chi connectivity index (χ1) is 7.84. The summed E-state index contributed by atoms with van der Waals surface area (Å²) >= 11 is 0. The van der Waals surface area contributed by atoms with Gasteiger partial charge in [-0.25, -0.2) is 9.97 Å². The first-order valence-electron chi connectivity index (χ1n) is 4.94. The summed E-state index contributed by atoms with van der Waals surface area (Å²) < 4.78 is 5.31. The minimum Gasteiger partial charge on any atom is -0.383 e. The predicted molar refractivity (Wildman–Crippen MR) is 55.2 cm³/mol. The highest BCUT2D eigenvalue weighted by atomic mass is 16.5. The second-order valence-corrected chi connectivity index (χ2v) is 3.52. The fourth-order valence-electron chi connectivity index (χ4n) is 1.68. The molecule has 7 nitrogen and oxygen atoms in total. The lowest BCUT2D eigenvalue weighted by Crippen LogP contribution is -2.16. The number of rotatable bonds is 1. The number of H-pyrrole nitrogens is 1. The zero-order valence-electron chi connectivity index (χ0n) is 8.47. The van der Waals surface area contributed by atoms with E-state index in [9.17, 15) is 0 Å². The molecule has 0 saturated heterocycles. The molecule has 7 heteroatoms. The van der Waals surface area contributed by atoms with Gasteiger partial charge in [0, 0.05) is 12.0 Å². The number of nitrogens with two attached hydrogens (primary N) is 1. The number of hydrogen-bond donors (Lipinski definition) is 2. The quantitative estimate of drug-likeness (QED) is 0.693. The van der Waals surface area contributed by atoms with Crippen molar-refractivity contribution >= 4 is 5.82 Å². The molecule has 0 unspecified atom stereocenters. The molecule has 0 bridgehead atoms. The molecule has 82 valence electrons. The fraction of sp³-hybridized carbons (Fsp3) is 0.333. The Hall–Kier alpha value is -2.02. The Balaban J connectivity index is 2.12. The van der Waals surface area contributed by atoms with Gasteiger partial charge in [-0.2, -0.15) is 15.4 Å². The Bertz CT molecular complexity index is 509. The normalized spacial score (nSPS) is 14.8. The van der Waals surface area contributed by atoms with E-state index < -0.39 is 0 Å². The number of nitrogen functional groups attached to an aromatic ring is 1. The summed E-state index contributed by atoms with van der Waals surface area (Å²) in [6, 6.07) is 0. The molecule has 0 aromatic carbocycles. The van der Waals surface area contributed by atoms with Gasteiger partial charge in [-0.3, -0.25) is 0 Å². The van der Waals surface area contributed by atoms with Crippen LogP contribution in [0.3, 0.4) is 0 Å². The van der Waals surface area contributed by atoms with Gasteiger partial charge in [0.25, 0.3) is 0 Å². The molecule has 3 N–H and O–H groups in total. The first kappa shape index (κ1) is 9.22. The Labute approximate surface area is 91.1 Å². The standard InChI is InChI=1S/C9H10N6O/c10-8-5-4-16-2-1-6(5)12-9(13-8)7-3-11-15-14-7/h3H,1-2,4H2,(H2,10,12,13)(H,11,14,15). The van der Waals surface area contributed by atoms with Gasteiger partial charge in [0.1, 0.15) is 11.5 Å². The van der Waals surface area contributed by atoms with Crippen LogP contribution in [0.4, 0.5) is 5.82 Å². The zero-order chi connectivity index (χ0) is 11.0. The van der Waals surface area contributed by atoms with Gasteiger partial charge < -0.3 is 10.5 Å². The number of aromatic amines is 1. The van der Waals surface area contributed by atoms with Gasteiger partial charge in [-0.05, 0) is 0 Å². The molecule has 0 amide bonds. The number of nitrogens with one attached hydrogen (secondary N) is 1. The summed E-state index contributed by atoms with van der Waals surface area (Å²) in [7, 11) is 0. The van der Waals surface area contributed by atoms with Crippen molar-refractivity contribution in [1.29, 1.82) is 0 Å². The van der Waals surface area contributed by atoms with Crippen molar-refractivity contribution in [3.05, 3.63) is 17.5 Å². The molecule has 0 radical (unpaired) electrons. The first-order valence-corrected chi connectivity index (χ1v) is 4.94. The van der Waals surface area contributed by atoms with Crippen molar-refractivity contribution in [1.82, 2.24) is 25.4 Å². The van der Waals surface area contributed by atoms with Crippen LogP contribution in [-0.4, -0.2) is 32.0 Å². The van der Waals surface area contributed by atoms with E-state index >= 15 is 0 Å². The second-order valence-electron chi connectivity index (χ2n) is 3.52. The Morgan fingerprint density at radius 2 is 2.31 bits per heavy atom. The highest BCUT2D eigenvalue weighted by molar-refractivity contribution is 5.54. The van der Waals surface area contributed by atoms with Crippen LogP contribution in [0, 0.1) is 0 Å². The van der Waals surface area contributed by atoms with Crippen molar-refractivity contribution in [3.63, 3.8) is 0 Å². The van der Waals surface area contributed by atoms with Crippen molar-refractivity contribution in [3.8, 4) is 11.5 Å². The third-order valence-electron chi connectivity index (χ3n) is 2.50. The van der Waals surface area contributed by atoms with E-state index in [0.29, 0.717) is 30.5 Å². The van der Waals surface area contributed by atoms with Crippen LogP contribution >= 0.6 is 0 Å². The minimum absolute atomic E-state index is 0.461. The molecule has 0 fully saturated rings. The summed E-state index contributed by atoms with van der Waals surface area (Å²) in [5.41, 5.74) is 8.29. The third-order valence-corrected chi connectivity index (χ3v) is 2.50. The largest absolute Gasteiger partial charge is 0.383 e. The third kappa shape index (κ3) is 1.41. The molecular weight excluding hydrogens is 208 g/mol. The summed E-state index contributed by atoms with van der Waals surface area (Å²) in [6.45, 7) is 1.15. The molecular formula is C9H10N6O. The number of ether oxygens (including phenoxy) is 1. The van der Waals surface area contributed by atoms with E-state index in [2.05, 4.69) is 25.4 Å². The molecule has 0 saturated carbocycles. The van der Waals surface area contributed by atoms with Gasteiger partial charge in [0.15, 0.2) is 5.82 Å². The topological polar surface area (TPSA) is 103 Å². The van der Waals surface area contributed by atoms with Crippen LogP contribution in [0.15, 0.2) is 6.20 Å². The summed E-state index contributed by atoms with van der Waals surface area (Å²) in [6.07, 6.45) is 2.33. The van der Waals surface area contributed by atoms with E-state index in [1.165, 1.54) is 0 Å². The molecule has 3 heterocycles. The molecule has 0 atom stereocenters. The highest BCUT2D eigenvalue weighted by Gasteiger charge is 2.17. The Morgan fingerprint density at radius 3 is 3.12 bits per heavy atom. The maximum atomic E-state index is 5.86. The molecule has 2 aromatic heterocycles. The van der Waals surface area contributed by atoms with Crippen LogP contribution < -0.4 is 5.73 Å². The molecule has 2 aromatic rings. The summed E-state index contributed by atoms with van der Waals surface area (Å²) in [4.78, 5) is 8.62. The molecule has 0 spiro atoms. The lowest BCUT2D eigenvalue weighted by molar-refractivity contribution is 0.109. The maximum Gasteiger partial charge on any atom is 0.184 e. The van der Waals surface area contributed by atoms with E-state index in [0.717, 1.165) is 17.7 Å². The molecule has 1 aliphatic rings. The number of aromatic nitrogens is 5. The predicted octanol–water partition coefficient (Wildman–Crippen LogP) is -0.0834. The van der Waals surface area contributed by atoms with Gasteiger partial charge in [-0.1, -0.05) is 0 Å². The van der Waals surface area contributed by atoms with Crippen LogP contribution in [0.25, 0.3) is 11.5 Å². The van der Waals surface area contributed by atoms with Crippen LogP contribution in [0.5, 0.6) is 0 Å². The average molecular weight is 218 g/mol.